The van der Waals surface area contributed by atoms with Crippen molar-refractivity contribution in [2.75, 3.05) is 0 Å². The van der Waals surface area contributed by atoms with Gasteiger partial charge in [0.15, 0.2) is 0 Å². The first kappa shape index (κ1) is 13.3. The Hall–Kier alpha value is -2.66. The van der Waals surface area contributed by atoms with E-state index in [4.69, 9.17) is 21.4 Å². The molecule has 0 aliphatic carbocycles. The number of hydrogen-bond donors (Lipinski definition) is 1. The fourth-order valence-corrected chi connectivity index (χ4v) is 2.16. The van der Waals surface area contributed by atoms with Gasteiger partial charge in [0, 0.05) is 17.8 Å². The zero-order valence-electron chi connectivity index (χ0n) is 10.7. The highest BCUT2D eigenvalue weighted by atomic mass is 35.5. The van der Waals surface area contributed by atoms with Crippen molar-refractivity contribution in [3.05, 3.63) is 59.4 Å². The van der Waals surface area contributed by atoms with Crippen LogP contribution in [0, 0.1) is 0 Å². The molecule has 2 heterocycles. The average molecular weight is 301 g/mol. The number of aromatic nitrogens is 2. The van der Waals surface area contributed by atoms with Crippen molar-refractivity contribution in [1.29, 1.82) is 0 Å². The second-order valence-corrected chi connectivity index (χ2v) is 4.59. The second kappa shape index (κ2) is 5.38. The number of benzene rings is 1. The molecule has 0 fully saturated rings. The van der Waals surface area contributed by atoms with Crippen LogP contribution in [0.1, 0.15) is 10.4 Å². The molecule has 3 aromatic rings. The fraction of sp³-hybridized carbons (Fsp3) is 0. The van der Waals surface area contributed by atoms with Gasteiger partial charge in [-0.15, -0.1) is 0 Å². The zero-order valence-corrected chi connectivity index (χ0v) is 11.4. The molecule has 2 aromatic heterocycles. The van der Waals surface area contributed by atoms with Gasteiger partial charge in [-0.05, 0) is 30.3 Å². The Morgan fingerprint density at radius 3 is 2.76 bits per heavy atom. The van der Waals surface area contributed by atoms with Crippen molar-refractivity contribution in [2.45, 2.75) is 0 Å². The van der Waals surface area contributed by atoms with Gasteiger partial charge in [0.2, 0.25) is 5.88 Å². The van der Waals surface area contributed by atoms with Crippen LogP contribution >= 0.6 is 11.6 Å². The van der Waals surface area contributed by atoms with Gasteiger partial charge in [-0.1, -0.05) is 17.7 Å². The maximum absolute atomic E-state index is 11.1. The van der Waals surface area contributed by atoms with Gasteiger partial charge in [-0.25, -0.2) is 9.78 Å². The van der Waals surface area contributed by atoms with Crippen LogP contribution in [-0.4, -0.2) is 21.0 Å². The summed E-state index contributed by atoms with van der Waals surface area (Å²) in [6.07, 6.45) is 3.02. The van der Waals surface area contributed by atoms with Gasteiger partial charge in [-0.2, -0.15) is 0 Å². The molecule has 6 heteroatoms. The van der Waals surface area contributed by atoms with Crippen LogP contribution < -0.4 is 4.74 Å². The smallest absolute Gasteiger partial charge is 0.337 e. The molecule has 0 saturated carbocycles. The molecule has 104 valence electrons. The van der Waals surface area contributed by atoms with Gasteiger partial charge in [-0.3, -0.25) is 4.98 Å². The number of nitrogens with zero attached hydrogens (tertiary/aromatic N) is 2. The maximum Gasteiger partial charge on any atom is 0.337 e. The lowest BCUT2D eigenvalue weighted by Gasteiger charge is -2.09. The van der Waals surface area contributed by atoms with Crippen molar-refractivity contribution in [3.63, 3.8) is 0 Å². The van der Waals surface area contributed by atoms with Gasteiger partial charge in [0.25, 0.3) is 0 Å². The molecule has 0 atom stereocenters. The third-order valence-corrected chi connectivity index (χ3v) is 3.27. The number of hydrogen-bond acceptors (Lipinski definition) is 4. The highest BCUT2D eigenvalue weighted by molar-refractivity contribution is 6.34. The molecule has 0 unspecified atom stereocenters. The van der Waals surface area contributed by atoms with E-state index in [0.29, 0.717) is 5.75 Å². The summed E-state index contributed by atoms with van der Waals surface area (Å²) in [4.78, 5) is 19.3. The Morgan fingerprint density at radius 1 is 1.10 bits per heavy atom. The predicted octanol–water partition coefficient (Wildman–Crippen LogP) is 3.77. The van der Waals surface area contributed by atoms with Crippen molar-refractivity contribution < 1.29 is 14.6 Å². The van der Waals surface area contributed by atoms with Crippen LogP contribution in [0.3, 0.4) is 0 Å². The highest BCUT2D eigenvalue weighted by Crippen LogP contribution is 2.33. The number of rotatable bonds is 3. The summed E-state index contributed by atoms with van der Waals surface area (Å²) < 4.78 is 5.67. The minimum Gasteiger partial charge on any atom is -0.478 e. The van der Waals surface area contributed by atoms with E-state index < -0.39 is 5.97 Å². The largest absolute Gasteiger partial charge is 0.478 e. The third kappa shape index (κ3) is 2.51. The number of halogens is 1. The first-order valence-electron chi connectivity index (χ1n) is 6.06. The normalized spacial score (nSPS) is 10.5. The van der Waals surface area contributed by atoms with Crippen LogP contribution in [0.15, 0.2) is 48.8 Å². The summed E-state index contributed by atoms with van der Waals surface area (Å²) in [6, 6.07) is 10.4. The summed E-state index contributed by atoms with van der Waals surface area (Å²) in [5, 5.41) is 9.80. The maximum atomic E-state index is 11.1. The van der Waals surface area contributed by atoms with Crippen LogP contribution in [0.4, 0.5) is 0 Å². The number of carbonyl (C=O) groups is 1. The Bertz CT molecular complexity index is 831. The van der Waals surface area contributed by atoms with Gasteiger partial charge >= 0.3 is 5.97 Å². The number of carboxylic acids is 1. The van der Waals surface area contributed by atoms with E-state index in [1.807, 2.05) is 12.1 Å². The lowest BCUT2D eigenvalue weighted by atomic mass is 10.2. The molecule has 5 nitrogen and oxygen atoms in total. The fourth-order valence-electron chi connectivity index (χ4n) is 1.93. The number of carboxylic acid groups (broad SMARTS) is 1. The molecule has 0 amide bonds. The SMILES string of the molecule is O=C(O)c1ccnc(Oc2cccc3ncccc23)c1Cl. The van der Waals surface area contributed by atoms with E-state index in [1.54, 1.807) is 24.4 Å². The minimum absolute atomic E-state index is 0.0362. The topological polar surface area (TPSA) is 72.3 Å². The second-order valence-electron chi connectivity index (χ2n) is 4.21. The van der Waals surface area contributed by atoms with Gasteiger partial charge < -0.3 is 9.84 Å². The first-order valence-corrected chi connectivity index (χ1v) is 6.44. The summed E-state index contributed by atoms with van der Waals surface area (Å²) in [5.74, 6) is -0.572. The Balaban J connectivity index is 2.07. The number of pyridine rings is 2. The van der Waals surface area contributed by atoms with E-state index >= 15 is 0 Å². The van der Waals surface area contributed by atoms with Crippen LogP contribution in [-0.2, 0) is 0 Å². The highest BCUT2D eigenvalue weighted by Gasteiger charge is 2.15. The monoisotopic (exact) mass is 300 g/mol. The Labute approximate surface area is 124 Å². The molecular weight excluding hydrogens is 292 g/mol. The van der Waals surface area contributed by atoms with Crippen molar-refractivity contribution in [3.8, 4) is 11.6 Å². The van der Waals surface area contributed by atoms with Crippen LogP contribution in [0.2, 0.25) is 5.02 Å². The van der Waals surface area contributed by atoms with E-state index in [0.717, 1.165) is 10.9 Å². The average Bonchev–Trinajstić information content (AvgIpc) is 2.49. The van der Waals surface area contributed by atoms with Crippen molar-refractivity contribution in [1.82, 2.24) is 9.97 Å². The van der Waals surface area contributed by atoms with Gasteiger partial charge in [0.05, 0.1) is 11.1 Å². The number of fused-ring (bicyclic) bond motifs is 1. The molecule has 3 rings (SSSR count). The van der Waals surface area contributed by atoms with Gasteiger partial charge in [0.1, 0.15) is 10.8 Å². The molecule has 1 aromatic carbocycles. The molecule has 1 N–H and O–H groups in total. The molecule has 0 aliphatic rings. The summed E-state index contributed by atoms with van der Waals surface area (Å²) in [5.41, 5.74) is 0.709. The molecule has 0 spiro atoms. The molecule has 21 heavy (non-hydrogen) atoms. The Morgan fingerprint density at radius 2 is 1.95 bits per heavy atom. The number of aromatic carboxylic acids is 1. The molecule has 0 radical (unpaired) electrons. The minimum atomic E-state index is -1.13. The van der Waals surface area contributed by atoms with Crippen molar-refractivity contribution in [2.24, 2.45) is 0 Å². The van der Waals surface area contributed by atoms with Crippen LogP contribution in [0.5, 0.6) is 11.6 Å². The number of ether oxygens (including phenoxy) is 1. The molecule has 0 saturated heterocycles. The standard InChI is InChI=1S/C15H9ClN2O3/c16-13-10(15(19)20)6-8-18-14(13)21-12-5-1-4-11-9(12)3-2-7-17-11/h1-8H,(H,19,20). The summed E-state index contributed by atoms with van der Waals surface area (Å²) in [6.45, 7) is 0. The lowest BCUT2D eigenvalue weighted by Crippen LogP contribution is -2.00. The van der Waals surface area contributed by atoms with E-state index in [-0.39, 0.29) is 16.5 Å². The van der Waals surface area contributed by atoms with Crippen molar-refractivity contribution >= 4 is 28.5 Å². The van der Waals surface area contributed by atoms with E-state index in [2.05, 4.69) is 9.97 Å². The van der Waals surface area contributed by atoms with E-state index in [9.17, 15) is 4.79 Å². The molecule has 0 aliphatic heterocycles. The van der Waals surface area contributed by atoms with Crippen LogP contribution in [0.25, 0.3) is 10.9 Å². The van der Waals surface area contributed by atoms with E-state index in [1.165, 1.54) is 12.3 Å². The zero-order chi connectivity index (χ0) is 14.8. The first-order chi connectivity index (χ1) is 10.2. The predicted molar refractivity (Wildman–Crippen MR) is 78.0 cm³/mol. The third-order valence-electron chi connectivity index (χ3n) is 2.90. The molecular formula is C15H9ClN2O3. The Kier molecular flexibility index (Phi) is 3.41. The quantitative estimate of drug-likeness (QED) is 0.797. The lowest BCUT2D eigenvalue weighted by molar-refractivity contribution is 0.0696. The summed E-state index contributed by atoms with van der Waals surface area (Å²) in [7, 11) is 0. The summed E-state index contributed by atoms with van der Waals surface area (Å²) >= 11 is 6.02. The molecule has 0 bridgehead atoms.